The molecule has 1 N–H and O–H groups in total. The molecular weight excluding hydrogens is 320 g/mol. The molecule has 0 aliphatic carbocycles. The van der Waals surface area contributed by atoms with Crippen LogP contribution in [0.5, 0.6) is 0 Å². The lowest BCUT2D eigenvalue weighted by atomic mass is 9.58. The fourth-order valence-corrected chi connectivity index (χ4v) is 2.32. The third-order valence-corrected chi connectivity index (χ3v) is 5.60. The van der Waals surface area contributed by atoms with Crippen molar-refractivity contribution in [2.45, 2.75) is 108 Å². The van der Waals surface area contributed by atoms with E-state index in [-0.39, 0.29) is 16.4 Å². The molecule has 0 saturated heterocycles. The molecule has 1 rings (SSSR count). The quantitative estimate of drug-likeness (QED) is 0.563. The van der Waals surface area contributed by atoms with Gasteiger partial charge in [0.05, 0.1) is 18.3 Å². The maximum absolute atomic E-state index is 10.1. The molecule has 0 spiro atoms. The zero-order valence-corrected chi connectivity index (χ0v) is 20.0. The molecule has 0 heterocycles. The minimum Gasteiger partial charge on any atom is -0.393 e. The van der Waals surface area contributed by atoms with Crippen molar-refractivity contribution in [3.63, 3.8) is 0 Å². The number of aliphatic hydroxyl groups is 1. The summed E-state index contributed by atoms with van der Waals surface area (Å²) in [5.74, 6) is 0. The first kappa shape index (κ1) is 29.9. The molecule has 2 heteroatoms. The number of hydrogen-bond acceptors (Lipinski definition) is 2. The number of rotatable bonds is 6. The van der Waals surface area contributed by atoms with Crippen LogP contribution in [0, 0.1) is 10.8 Å². The first-order valence-corrected chi connectivity index (χ1v) is 10.4. The smallest absolute Gasteiger partial charge is 0.0724 e. The van der Waals surface area contributed by atoms with E-state index in [1.165, 1.54) is 5.56 Å². The van der Waals surface area contributed by atoms with Crippen LogP contribution in [0.15, 0.2) is 30.3 Å². The van der Waals surface area contributed by atoms with Crippen LogP contribution >= 0.6 is 0 Å². The van der Waals surface area contributed by atoms with Crippen molar-refractivity contribution >= 4 is 0 Å². The summed E-state index contributed by atoms with van der Waals surface area (Å²) in [4.78, 5) is 0. The Morgan fingerprint density at radius 2 is 1.19 bits per heavy atom. The minimum atomic E-state index is -0.392. The van der Waals surface area contributed by atoms with Crippen molar-refractivity contribution in [1.82, 2.24) is 0 Å². The molecule has 0 aromatic heterocycles. The van der Waals surface area contributed by atoms with Crippen molar-refractivity contribution in [3.8, 4) is 0 Å². The molecule has 0 aliphatic rings. The number of hydrogen-bond donors (Lipinski definition) is 1. The molecule has 1 unspecified atom stereocenters. The van der Waals surface area contributed by atoms with Crippen LogP contribution in [0.4, 0.5) is 0 Å². The summed E-state index contributed by atoms with van der Waals surface area (Å²) in [5.41, 5.74) is 0.408. The number of ether oxygens (including phenoxy) is 1. The predicted octanol–water partition coefficient (Wildman–Crippen LogP) is 7.49. The highest BCUT2D eigenvalue weighted by molar-refractivity contribution is 5.13. The standard InChI is InChI=1S/C18H30O2.3C2H6/c1-14(19)16(2,3)17(4,5)18(6,7)20-13-15-11-9-8-10-12-15;3*1-2/h8-12,14,19H,13H2,1-7H3;3*1-2H3. The van der Waals surface area contributed by atoms with Gasteiger partial charge in [0, 0.05) is 5.41 Å². The first-order chi connectivity index (χ1) is 12.0. The Kier molecular flexibility index (Phi) is 16.4. The average Bonchev–Trinajstić information content (AvgIpc) is 2.65. The van der Waals surface area contributed by atoms with E-state index in [0.29, 0.717) is 6.61 Å². The lowest BCUT2D eigenvalue weighted by Gasteiger charge is -2.53. The van der Waals surface area contributed by atoms with Gasteiger partial charge in [-0.05, 0) is 31.7 Å². The Hall–Kier alpha value is -0.860. The highest BCUT2D eigenvalue weighted by Gasteiger charge is 2.50. The van der Waals surface area contributed by atoms with Gasteiger partial charge in [-0.15, -0.1) is 0 Å². The van der Waals surface area contributed by atoms with Crippen LogP contribution < -0.4 is 0 Å². The highest BCUT2D eigenvalue weighted by atomic mass is 16.5. The molecule has 1 atom stereocenters. The predicted molar refractivity (Wildman–Crippen MR) is 119 cm³/mol. The molecule has 0 fully saturated rings. The Bertz CT molecular complexity index is 417. The average molecular weight is 369 g/mol. The second kappa shape index (κ2) is 14.2. The van der Waals surface area contributed by atoms with Gasteiger partial charge in [-0.25, -0.2) is 0 Å². The summed E-state index contributed by atoms with van der Waals surface area (Å²) >= 11 is 0. The van der Waals surface area contributed by atoms with E-state index in [2.05, 4.69) is 53.7 Å². The topological polar surface area (TPSA) is 29.5 Å². The molecule has 0 saturated carbocycles. The third-order valence-electron chi connectivity index (χ3n) is 5.60. The molecule has 0 aliphatic heterocycles. The number of benzene rings is 1. The van der Waals surface area contributed by atoms with Gasteiger partial charge in [0.15, 0.2) is 0 Å². The molecule has 0 bridgehead atoms. The van der Waals surface area contributed by atoms with Crippen molar-refractivity contribution < 1.29 is 9.84 Å². The summed E-state index contributed by atoms with van der Waals surface area (Å²) in [6, 6.07) is 10.2. The molecule has 1 aromatic carbocycles. The minimum absolute atomic E-state index is 0.178. The Morgan fingerprint density at radius 3 is 1.54 bits per heavy atom. The van der Waals surface area contributed by atoms with E-state index in [4.69, 9.17) is 4.74 Å². The molecule has 1 aromatic rings. The lowest BCUT2D eigenvalue weighted by molar-refractivity contribution is -0.175. The highest BCUT2D eigenvalue weighted by Crippen LogP contribution is 2.50. The van der Waals surface area contributed by atoms with Gasteiger partial charge in [0.25, 0.3) is 0 Å². The molecule has 156 valence electrons. The van der Waals surface area contributed by atoms with Gasteiger partial charge in [-0.2, -0.15) is 0 Å². The van der Waals surface area contributed by atoms with Crippen molar-refractivity contribution in [3.05, 3.63) is 35.9 Å². The Balaban J connectivity index is -0.000000795. The van der Waals surface area contributed by atoms with Crippen LogP contribution in [0.1, 0.15) is 95.6 Å². The molecule has 2 nitrogen and oxygen atoms in total. The van der Waals surface area contributed by atoms with Gasteiger partial charge in [0.1, 0.15) is 0 Å². The molecule has 26 heavy (non-hydrogen) atoms. The fourth-order valence-electron chi connectivity index (χ4n) is 2.32. The van der Waals surface area contributed by atoms with Gasteiger partial charge in [-0.1, -0.05) is 99.6 Å². The van der Waals surface area contributed by atoms with Crippen LogP contribution in [0.3, 0.4) is 0 Å². The van der Waals surface area contributed by atoms with Gasteiger partial charge in [-0.3, -0.25) is 0 Å². The summed E-state index contributed by atoms with van der Waals surface area (Å²) in [6.07, 6.45) is -0.392. The van der Waals surface area contributed by atoms with E-state index in [9.17, 15) is 5.11 Å². The third kappa shape index (κ3) is 8.22. The maximum Gasteiger partial charge on any atom is 0.0724 e. The Morgan fingerprint density at radius 1 is 0.808 bits per heavy atom. The van der Waals surface area contributed by atoms with Crippen LogP contribution in [0.25, 0.3) is 0 Å². The second-order valence-corrected chi connectivity index (χ2v) is 7.31. The van der Waals surface area contributed by atoms with Crippen LogP contribution in [-0.4, -0.2) is 16.8 Å². The summed E-state index contributed by atoms with van der Waals surface area (Å²) in [7, 11) is 0. The van der Waals surface area contributed by atoms with Crippen LogP contribution in [-0.2, 0) is 11.3 Å². The van der Waals surface area contributed by atoms with E-state index in [1.807, 2.05) is 66.7 Å². The van der Waals surface area contributed by atoms with Gasteiger partial charge >= 0.3 is 0 Å². The van der Waals surface area contributed by atoms with E-state index in [0.717, 1.165) is 0 Å². The normalized spacial score (nSPS) is 12.4. The van der Waals surface area contributed by atoms with E-state index >= 15 is 0 Å². The summed E-state index contributed by atoms with van der Waals surface area (Å²) < 4.78 is 6.21. The first-order valence-electron chi connectivity index (χ1n) is 10.4. The van der Waals surface area contributed by atoms with Crippen molar-refractivity contribution in [2.75, 3.05) is 0 Å². The lowest BCUT2D eigenvalue weighted by Crippen LogP contribution is -2.54. The fraction of sp³-hybridized carbons (Fsp3) is 0.750. The molecular formula is C24H48O2. The molecule has 0 radical (unpaired) electrons. The SMILES string of the molecule is CC.CC.CC.CC(O)C(C)(C)C(C)(C)C(C)(C)OCc1ccccc1. The number of aliphatic hydroxyl groups excluding tert-OH is 1. The summed E-state index contributed by atoms with van der Waals surface area (Å²) in [5, 5.41) is 10.1. The van der Waals surface area contributed by atoms with E-state index in [1.54, 1.807) is 0 Å². The molecule has 0 amide bonds. The van der Waals surface area contributed by atoms with Crippen LogP contribution in [0.2, 0.25) is 0 Å². The summed E-state index contributed by atoms with van der Waals surface area (Å²) in [6.45, 7) is 27.2. The van der Waals surface area contributed by atoms with E-state index < -0.39 is 6.10 Å². The second-order valence-electron chi connectivity index (χ2n) is 7.31. The van der Waals surface area contributed by atoms with Crippen molar-refractivity contribution in [1.29, 1.82) is 0 Å². The monoisotopic (exact) mass is 368 g/mol. The zero-order chi connectivity index (χ0) is 21.6. The largest absolute Gasteiger partial charge is 0.393 e. The van der Waals surface area contributed by atoms with Gasteiger partial charge < -0.3 is 9.84 Å². The Labute approximate surface area is 165 Å². The van der Waals surface area contributed by atoms with Gasteiger partial charge in [0.2, 0.25) is 0 Å². The zero-order valence-electron chi connectivity index (χ0n) is 20.0. The van der Waals surface area contributed by atoms with Crippen molar-refractivity contribution in [2.24, 2.45) is 10.8 Å². The maximum atomic E-state index is 10.1.